The molecular weight excluding hydrogens is 275 g/mol. The Balaban J connectivity index is 2.60. The zero-order valence-corrected chi connectivity index (χ0v) is 9.57. The lowest BCUT2D eigenvalue weighted by Gasteiger charge is -2.06. The number of aromatic nitrogens is 2. The van der Waals surface area contributed by atoms with Gasteiger partial charge in [-0.2, -0.15) is 10.4 Å². The molecule has 0 spiro atoms. The van der Waals surface area contributed by atoms with Gasteiger partial charge in [0.2, 0.25) is 0 Å². The molecule has 0 amide bonds. The number of hydrogen-bond acceptors (Lipinski definition) is 3. The highest BCUT2D eigenvalue weighted by Crippen LogP contribution is 2.24. The molecular formula is C10H6BrFN4. The lowest BCUT2D eigenvalue weighted by Crippen LogP contribution is -2.03. The van der Waals surface area contributed by atoms with Crippen molar-refractivity contribution in [1.29, 1.82) is 5.26 Å². The zero-order chi connectivity index (χ0) is 11.7. The SMILES string of the molecule is N#Cc1cnn(-c2ccc(F)cc2Br)c1N. The van der Waals surface area contributed by atoms with Gasteiger partial charge in [0.05, 0.1) is 11.9 Å². The van der Waals surface area contributed by atoms with Gasteiger partial charge in [0.15, 0.2) is 0 Å². The normalized spacial score (nSPS) is 10.1. The predicted molar refractivity (Wildman–Crippen MR) is 60.3 cm³/mol. The summed E-state index contributed by atoms with van der Waals surface area (Å²) in [6.07, 6.45) is 1.37. The number of anilines is 1. The Morgan fingerprint density at radius 2 is 2.25 bits per heavy atom. The molecule has 80 valence electrons. The lowest BCUT2D eigenvalue weighted by molar-refractivity contribution is 0.626. The molecule has 0 aliphatic rings. The van der Waals surface area contributed by atoms with E-state index < -0.39 is 0 Å². The number of benzene rings is 1. The number of nitrogen functional groups attached to an aromatic ring is 1. The van der Waals surface area contributed by atoms with Crippen molar-refractivity contribution in [2.75, 3.05) is 5.73 Å². The fourth-order valence-electron chi connectivity index (χ4n) is 1.29. The molecule has 0 bridgehead atoms. The minimum absolute atomic E-state index is 0.231. The van der Waals surface area contributed by atoms with Gasteiger partial charge >= 0.3 is 0 Å². The maximum absolute atomic E-state index is 12.9. The highest BCUT2D eigenvalue weighted by atomic mass is 79.9. The van der Waals surface area contributed by atoms with Gasteiger partial charge in [0.1, 0.15) is 23.3 Å². The summed E-state index contributed by atoms with van der Waals surface area (Å²) in [5.74, 6) is -0.128. The van der Waals surface area contributed by atoms with Gasteiger partial charge in [0.25, 0.3) is 0 Å². The number of nitrogens with zero attached hydrogens (tertiary/aromatic N) is 3. The van der Waals surface area contributed by atoms with E-state index in [1.54, 1.807) is 0 Å². The van der Waals surface area contributed by atoms with Crippen LogP contribution in [0.1, 0.15) is 5.56 Å². The molecule has 0 atom stereocenters. The van der Waals surface area contributed by atoms with Crippen molar-refractivity contribution in [2.24, 2.45) is 0 Å². The second-order valence-electron chi connectivity index (χ2n) is 3.06. The van der Waals surface area contributed by atoms with Gasteiger partial charge in [-0.15, -0.1) is 0 Å². The first-order valence-electron chi connectivity index (χ1n) is 4.32. The third-order valence-corrected chi connectivity index (χ3v) is 2.70. The lowest BCUT2D eigenvalue weighted by atomic mass is 10.3. The van der Waals surface area contributed by atoms with Crippen LogP contribution in [-0.2, 0) is 0 Å². The van der Waals surface area contributed by atoms with Gasteiger partial charge in [0, 0.05) is 4.47 Å². The Bertz CT molecular complexity index is 585. The van der Waals surface area contributed by atoms with E-state index in [1.807, 2.05) is 6.07 Å². The van der Waals surface area contributed by atoms with Crippen LogP contribution in [0, 0.1) is 17.1 Å². The van der Waals surface area contributed by atoms with E-state index in [1.165, 1.54) is 29.1 Å². The summed E-state index contributed by atoms with van der Waals surface area (Å²) >= 11 is 3.21. The van der Waals surface area contributed by atoms with E-state index in [0.29, 0.717) is 10.2 Å². The van der Waals surface area contributed by atoms with Crippen LogP contribution in [0.5, 0.6) is 0 Å². The molecule has 4 nitrogen and oxygen atoms in total. The minimum atomic E-state index is -0.359. The molecule has 1 aromatic carbocycles. The van der Waals surface area contributed by atoms with Crippen molar-refractivity contribution in [1.82, 2.24) is 9.78 Å². The van der Waals surface area contributed by atoms with Crippen LogP contribution in [-0.4, -0.2) is 9.78 Å². The van der Waals surface area contributed by atoms with Crippen LogP contribution in [0.3, 0.4) is 0 Å². The molecule has 2 N–H and O–H groups in total. The summed E-state index contributed by atoms with van der Waals surface area (Å²) in [5, 5.41) is 12.7. The Morgan fingerprint density at radius 1 is 1.50 bits per heavy atom. The van der Waals surface area contributed by atoms with Gasteiger partial charge < -0.3 is 5.73 Å². The summed E-state index contributed by atoms with van der Waals surface area (Å²) in [6, 6.07) is 6.06. The van der Waals surface area contributed by atoms with Crippen molar-refractivity contribution in [3.05, 3.63) is 40.2 Å². The van der Waals surface area contributed by atoms with Crippen molar-refractivity contribution in [3.63, 3.8) is 0 Å². The van der Waals surface area contributed by atoms with Crippen LogP contribution in [0.4, 0.5) is 10.2 Å². The molecule has 6 heteroatoms. The number of rotatable bonds is 1. The van der Waals surface area contributed by atoms with Gasteiger partial charge in [-0.3, -0.25) is 0 Å². The Labute approximate surface area is 99.2 Å². The van der Waals surface area contributed by atoms with E-state index in [4.69, 9.17) is 11.0 Å². The Hall–Kier alpha value is -1.87. The van der Waals surface area contributed by atoms with Crippen molar-refractivity contribution in [2.45, 2.75) is 0 Å². The van der Waals surface area contributed by atoms with Crippen molar-refractivity contribution >= 4 is 21.7 Å². The second-order valence-corrected chi connectivity index (χ2v) is 3.92. The topological polar surface area (TPSA) is 67.6 Å². The monoisotopic (exact) mass is 280 g/mol. The molecule has 2 aromatic rings. The summed E-state index contributed by atoms with van der Waals surface area (Å²) in [4.78, 5) is 0. The molecule has 0 aliphatic carbocycles. The number of nitrogens with two attached hydrogens (primary N) is 1. The van der Waals surface area contributed by atoms with Crippen molar-refractivity contribution in [3.8, 4) is 11.8 Å². The van der Waals surface area contributed by atoms with E-state index in [2.05, 4.69) is 21.0 Å². The van der Waals surface area contributed by atoms with Crippen LogP contribution >= 0.6 is 15.9 Å². The molecule has 2 rings (SSSR count). The zero-order valence-electron chi connectivity index (χ0n) is 7.98. The summed E-state index contributed by atoms with van der Waals surface area (Å²) in [5.41, 5.74) is 6.59. The molecule has 1 heterocycles. The largest absolute Gasteiger partial charge is 0.382 e. The number of nitriles is 1. The molecule has 0 fully saturated rings. The van der Waals surface area contributed by atoms with Crippen LogP contribution in [0.2, 0.25) is 0 Å². The van der Waals surface area contributed by atoms with Gasteiger partial charge in [-0.25, -0.2) is 9.07 Å². The molecule has 0 unspecified atom stereocenters. The first kappa shape index (κ1) is 10.6. The molecule has 0 saturated heterocycles. The minimum Gasteiger partial charge on any atom is -0.382 e. The predicted octanol–water partition coefficient (Wildman–Crippen LogP) is 2.23. The first-order valence-corrected chi connectivity index (χ1v) is 5.12. The Morgan fingerprint density at radius 3 is 2.81 bits per heavy atom. The average molecular weight is 281 g/mol. The fraction of sp³-hybridized carbons (Fsp3) is 0. The second kappa shape index (κ2) is 3.94. The number of hydrogen-bond donors (Lipinski definition) is 1. The smallest absolute Gasteiger partial charge is 0.145 e. The summed E-state index contributed by atoms with van der Waals surface area (Å²) in [6.45, 7) is 0. The van der Waals surface area contributed by atoms with E-state index >= 15 is 0 Å². The van der Waals surface area contributed by atoms with Crippen molar-refractivity contribution < 1.29 is 4.39 Å². The van der Waals surface area contributed by atoms with E-state index in [-0.39, 0.29) is 17.2 Å². The van der Waals surface area contributed by atoms with E-state index in [0.717, 1.165) is 0 Å². The number of halogens is 2. The van der Waals surface area contributed by atoms with Gasteiger partial charge in [-0.05, 0) is 34.1 Å². The first-order chi connectivity index (χ1) is 7.63. The average Bonchev–Trinajstić information content (AvgIpc) is 2.60. The Kier molecular flexibility index (Phi) is 2.62. The third kappa shape index (κ3) is 1.66. The summed E-state index contributed by atoms with van der Waals surface area (Å²) < 4.78 is 14.8. The highest BCUT2D eigenvalue weighted by Gasteiger charge is 2.11. The molecule has 16 heavy (non-hydrogen) atoms. The maximum atomic E-state index is 12.9. The third-order valence-electron chi connectivity index (χ3n) is 2.06. The standard InChI is InChI=1S/C10H6BrFN4/c11-8-3-7(12)1-2-9(8)16-10(14)6(4-13)5-15-16/h1-3,5H,14H2. The van der Waals surface area contributed by atoms with Crippen LogP contribution in [0.15, 0.2) is 28.9 Å². The molecule has 0 aliphatic heterocycles. The van der Waals surface area contributed by atoms with Crippen LogP contribution in [0.25, 0.3) is 5.69 Å². The highest BCUT2D eigenvalue weighted by molar-refractivity contribution is 9.10. The van der Waals surface area contributed by atoms with E-state index in [9.17, 15) is 4.39 Å². The maximum Gasteiger partial charge on any atom is 0.145 e. The van der Waals surface area contributed by atoms with Crippen LogP contribution < -0.4 is 5.73 Å². The van der Waals surface area contributed by atoms with Gasteiger partial charge in [-0.1, -0.05) is 0 Å². The molecule has 0 saturated carbocycles. The summed E-state index contributed by atoms with van der Waals surface area (Å²) in [7, 11) is 0. The quantitative estimate of drug-likeness (QED) is 0.871. The fourth-order valence-corrected chi connectivity index (χ4v) is 1.81. The molecule has 1 aromatic heterocycles. The molecule has 0 radical (unpaired) electrons.